The minimum Gasteiger partial charge on any atom is -0.508 e. The van der Waals surface area contributed by atoms with E-state index in [4.69, 9.17) is 10.2 Å². The molecule has 1 heterocycles. The molecule has 4 N–H and O–H groups in total. The summed E-state index contributed by atoms with van der Waals surface area (Å²) in [4.78, 5) is 16.2. The van der Waals surface area contributed by atoms with Crippen molar-refractivity contribution in [2.24, 2.45) is 5.73 Å². The van der Waals surface area contributed by atoms with Gasteiger partial charge in [0, 0.05) is 6.54 Å². The molecule has 0 bridgehead atoms. The predicted octanol–water partition coefficient (Wildman–Crippen LogP) is 2.93. The molecule has 1 amide bonds. The molecule has 1 atom stereocenters. The van der Waals surface area contributed by atoms with Crippen molar-refractivity contribution in [3.05, 3.63) is 47.7 Å². The summed E-state index contributed by atoms with van der Waals surface area (Å²) in [6.07, 6.45) is 6.27. The highest BCUT2D eigenvalue weighted by atomic mass is 16.3. The number of nitrogens with one attached hydrogen (secondary N) is 1. The third-order valence-electron chi connectivity index (χ3n) is 3.78. The van der Waals surface area contributed by atoms with Crippen LogP contribution in [0.4, 0.5) is 0 Å². The van der Waals surface area contributed by atoms with E-state index in [2.05, 4.69) is 17.2 Å². The number of amides is 1. The number of phenols is 1. The Kier molecular flexibility index (Phi) is 6.81. The molecule has 2 aromatic rings. The number of carbonyl (C=O) groups excluding carboxylic acids is 1. The molecule has 130 valence electrons. The summed E-state index contributed by atoms with van der Waals surface area (Å²) < 4.78 is 5.34. The number of unbranched alkanes of at least 4 members (excludes halogenated alkanes) is 3. The number of hydrogen-bond donors (Lipinski definition) is 3. The average Bonchev–Trinajstić information content (AvgIpc) is 3.07. The van der Waals surface area contributed by atoms with Gasteiger partial charge in [0.15, 0.2) is 5.69 Å². The Labute approximate surface area is 142 Å². The van der Waals surface area contributed by atoms with Gasteiger partial charge < -0.3 is 20.6 Å². The number of hydrogen-bond acceptors (Lipinski definition) is 5. The van der Waals surface area contributed by atoms with Gasteiger partial charge in [0.2, 0.25) is 5.89 Å². The van der Waals surface area contributed by atoms with Gasteiger partial charge in [-0.3, -0.25) is 4.79 Å². The topological polar surface area (TPSA) is 101 Å². The first kappa shape index (κ1) is 18.0. The number of nitrogens with zero attached hydrogens (tertiary/aromatic N) is 1. The lowest BCUT2D eigenvalue weighted by molar-refractivity contribution is 0.0948. The van der Waals surface area contributed by atoms with E-state index in [-0.39, 0.29) is 17.4 Å². The van der Waals surface area contributed by atoms with Crippen LogP contribution in [0.15, 0.2) is 34.9 Å². The molecule has 0 aliphatic rings. The molecule has 0 fully saturated rings. The van der Waals surface area contributed by atoms with Crippen LogP contribution in [0.25, 0.3) is 0 Å². The molecular formula is C18H25N3O3. The van der Waals surface area contributed by atoms with Crippen LogP contribution in [0.2, 0.25) is 0 Å². The van der Waals surface area contributed by atoms with E-state index < -0.39 is 6.04 Å². The van der Waals surface area contributed by atoms with Gasteiger partial charge in [-0.2, -0.15) is 0 Å². The minimum absolute atomic E-state index is 0.210. The van der Waals surface area contributed by atoms with Gasteiger partial charge >= 0.3 is 0 Å². The van der Waals surface area contributed by atoms with Gasteiger partial charge in [-0.25, -0.2) is 4.98 Å². The maximum absolute atomic E-state index is 12.0. The highest BCUT2D eigenvalue weighted by Gasteiger charge is 2.17. The van der Waals surface area contributed by atoms with Crippen molar-refractivity contribution in [2.75, 3.05) is 6.54 Å². The SMILES string of the molecule is CCCCCCNC(=O)c1coc(C(N)Cc2ccc(O)cc2)n1. The lowest BCUT2D eigenvalue weighted by Gasteiger charge is -2.07. The molecule has 0 radical (unpaired) electrons. The normalized spacial score (nSPS) is 12.1. The second kappa shape index (κ2) is 9.08. The average molecular weight is 331 g/mol. The highest BCUT2D eigenvalue weighted by Crippen LogP contribution is 2.18. The summed E-state index contributed by atoms with van der Waals surface area (Å²) in [5.74, 6) is 0.305. The van der Waals surface area contributed by atoms with Crippen molar-refractivity contribution in [3.63, 3.8) is 0 Å². The predicted molar refractivity (Wildman–Crippen MR) is 91.7 cm³/mol. The fraction of sp³-hybridized carbons (Fsp3) is 0.444. The number of benzene rings is 1. The lowest BCUT2D eigenvalue weighted by atomic mass is 10.1. The summed E-state index contributed by atoms with van der Waals surface area (Å²) in [5, 5.41) is 12.1. The molecule has 0 saturated carbocycles. The second-order valence-corrected chi connectivity index (χ2v) is 5.86. The third-order valence-corrected chi connectivity index (χ3v) is 3.78. The third kappa shape index (κ3) is 5.38. The van der Waals surface area contributed by atoms with Gasteiger partial charge in [-0.05, 0) is 30.5 Å². The Morgan fingerprint density at radius 1 is 1.29 bits per heavy atom. The zero-order valence-corrected chi connectivity index (χ0v) is 14.0. The molecule has 1 aromatic carbocycles. The summed E-state index contributed by atoms with van der Waals surface area (Å²) in [5.41, 5.74) is 7.29. The van der Waals surface area contributed by atoms with Crippen molar-refractivity contribution in [1.82, 2.24) is 10.3 Å². The number of oxazole rings is 1. The van der Waals surface area contributed by atoms with Crippen molar-refractivity contribution >= 4 is 5.91 Å². The number of aromatic hydroxyl groups is 1. The molecule has 24 heavy (non-hydrogen) atoms. The molecular weight excluding hydrogens is 306 g/mol. The molecule has 6 nitrogen and oxygen atoms in total. The van der Waals surface area contributed by atoms with Crippen molar-refractivity contribution < 1.29 is 14.3 Å². The lowest BCUT2D eigenvalue weighted by Crippen LogP contribution is -2.25. The zero-order valence-electron chi connectivity index (χ0n) is 14.0. The Balaban J connectivity index is 1.84. The fourth-order valence-electron chi connectivity index (χ4n) is 2.38. The second-order valence-electron chi connectivity index (χ2n) is 5.86. The van der Waals surface area contributed by atoms with Crippen LogP contribution in [0.5, 0.6) is 5.75 Å². The minimum atomic E-state index is -0.444. The molecule has 0 aliphatic carbocycles. The number of rotatable bonds is 9. The fourth-order valence-corrected chi connectivity index (χ4v) is 2.38. The van der Waals surface area contributed by atoms with Crippen LogP contribution in [0, 0.1) is 0 Å². The number of carbonyl (C=O) groups is 1. The van der Waals surface area contributed by atoms with Crippen LogP contribution in [-0.4, -0.2) is 22.5 Å². The van der Waals surface area contributed by atoms with Gasteiger partial charge in [0.1, 0.15) is 12.0 Å². The molecule has 2 rings (SSSR count). The van der Waals surface area contributed by atoms with E-state index in [1.54, 1.807) is 24.3 Å². The monoisotopic (exact) mass is 331 g/mol. The van der Waals surface area contributed by atoms with Crippen molar-refractivity contribution in [1.29, 1.82) is 0 Å². The summed E-state index contributed by atoms with van der Waals surface area (Å²) in [6, 6.07) is 6.36. The Bertz CT molecular complexity index is 637. The maximum atomic E-state index is 12.0. The maximum Gasteiger partial charge on any atom is 0.273 e. The van der Waals surface area contributed by atoms with Crippen molar-refractivity contribution in [3.8, 4) is 5.75 Å². The summed E-state index contributed by atoms with van der Waals surface area (Å²) >= 11 is 0. The van der Waals surface area contributed by atoms with Crippen LogP contribution in [0.1, 0.15) is 60.6 Å². The molecule has 0 saturated heterocycles. The van der Waals surface area contributed by atoms with Gasteiger partial charge in [0.05, 0.1) is 6.04 Å². The Morgan fingerprint density at radius 3 is 2.75 bits per heavy atom. The van der Waals surface area contributed by atoms with Crippen LogP contribution >= 0.6 is 0 Å². The first-order valence-electron chi connectivity index (χ1n) is 8.37. The standard InChI is InChI=1S/C18H25N3O3/c1-2-3-4-5-10-20-17(23)16-12-24-18(21-16)15(19)11-13-6-8-14(22)9-7-13/h6-9,12,15,22H,2-5,10-11,19H2,1H3,(H,20,23). The largest absolute Gasteiger partial charge is 0.508 e. The smallest absolute Gasteiger partial charge is 0.273 e. The van der Waals surface area contributed by atoms with Gasteiger partial charge in [0.25, 0.3) is 5.91 Å². The molecule has 0 spiro atoms. The number of phenolic OH excluding ortho intramolecular Hbond substituents is 1. The zero-order chi connectivity index (χ0) is 17.4. The van der Waals surface area contributed by atoms with E-state index in [1.807, 2.05) is 0 Å². The van der Waals surface area contributed by atoms with Crippen LogP contribution in [0.3, 0.4) is 0 Å². The van der Waals surface area contributed by atoms with E-state index in [0.29, 0.717) is 18.9 Å². The van der Waals surface area contributed by atoms with Crippen LogP contribution in [-0.2, 0) is 6.42 Å². The van der Waals surface area contributed by atoms with E-state index in [9.17, 15) is 9.90 Å². The van der Waals surface area contributed by atoms with E-state index >= 15 is 0 Å². The molecule has 6 heteroatoms. The van der Waals surface area contributed by atoms with E-state index in [1.165, 1.54) is 19.1 Å². The van der Waals surface area contributed by atoms with Crippen LogP contribution < -0.4 is 11.1 Å². The van der Waals surface area contributed by atoms with Gasteiger partial charge in [-0.15, -0.1) is 0 Å². The first-order valence-corrected chi connectivity index (χ1v) is 8.37. The van der Waals surface area contributed by atoms with E-state index in [0.717, 1.165) is 18.4 Å². The summed E-state index contributed by atoms with van der Waals surface area (Å²) in [6.45, 7) is 2.79. The number of nitrogens with two attached hydrogens (primary N) is 1. The Morgan fingerprint density at radius 2 is 2.04 bits per heavy atom. The first-order chi connectivity index (χ1) is 11.6. The quantitative estimate of drug-likeness (QED) is 0.613. The summed E-state index contributed by atoms with van der Waals surface area (Å²) in [7, 11) is 0. The van der Waals surface area contributed by atoms with Gasteiger partial charge in [-0.1, -0.05) is 38.3 Å². The van der Waals surface area contributed by atoms with Crippen molar-refractivity contribution in [2.45, 2.75) is 45.1 Å². The Hall–Kier alpha value is -2.34. The highest BCUT2D eigenvalue weighted by molar-refractivity contribution is 5.91. The molecule has 1 aromatic heterocycles. The molecule has 0 aliphatic heterocycles. The molecule has 1 unspecified atom stereocenters. The number of aromatic nitrogens is 1.